The molecule has 0 fully saturated rings. The smallest absolute Gasteiger partial charge is 0.126 e. The molecule has 11 aromatic rings. The van der Waals surface area contributed by atoms with Crippen LogP contribution >= 0.6 is 22.7 Å². The van der Waals surface area contributed by atoms with E-state index in [0.29, 0.717) is 0 Å². The summed E-state index contributed by atoms with van der Waals surface area (Å²) in [7, 11) is 0. The van der Waals surface area contributed by atoms with E-state index in [2.05, 4.69) is 161 Å². The number of fused-ring (bicyclic) bond motifs is 10. The molecular weight excluding hydrogens is 623 g/mol. The van der Waals surface area contributed by atoms with Gasteiger partial charge < -0.3 is 9.13 Å². The molecule has 5 heteroatoms. The molecule has 0 amide bonds. The van der Waals surface area contributed by atoms with Gasteiger partial charge in [-0.2, -0.15) is 0 Å². The molecule has 0 unspecified atom stereocenters. The molecule has 0 spiro atoms. The molecule has 0 radical (unpaired) electrons. The average molecular weight is 648 g/mol. The van der Waals surface area contributed by atoms with E-state index >= 15 is 0 Å². The minimum atomic E-state index is 1.01. The maximum absolute atomic E-state index is 5.59. The topological polar surface area (TPSA) is 22.8 Å². The average Bonchev–Trinajstić information content (AvgIpc) is 3.91. The minimum absolute atomic E-state index is 1.01. The number of benzene rings is 7. The largest absolute Gasteiger partial charge is 0.308 e. The maximum atomic E-state index is 5.59. The number of nitrogens with zero attached hydrogens (tertiary/aromatic N) is 3. The van der Waals surface area contributed by atoms with Crippen LogP contribution in [-0.2, 0) is 0 Å². The molecule has 224 valence electrons. The Balaban J connectivity index is 1.28. The van der Waals surface area contributed by atoms with E-state index in [0.717, 1.165) is 21.9 Å². The van der Waals surface area contributed by atoms with Crippen LogP contribution in [0.4, 0.5) is 0 Å². The predicted molar refractivity (Wildman–Crippen MR) is 207 cm³/mol. The molecule has 3 nitrogen and oxygen atoms in total. The summed E-state index contributed by atoms with van der Waals surface area (Å²) in [5, 5.41) is 8.64. The van der Waals surface area contributed by atoms with Gasteiger partial charge in [0.15, 0.2) is 0 Å². The first-order valence-electron chi connectivity index (χ1n) is 16.1. The highest BCUT2D eigenvalue weighted by molar-refractivity contribution is 7.27. The Morgan fingerprint density at radius 3 is 1.46 bits per heavy atom. The van der Waals surface area contributed by atoms with Crippen molar-refractivity contribution >= 4 is 96.7 Å². The van der Waals surface area contributed by atoms with Gasteiger partial charge in [-0.15, -0.1) is 22.7 Å². The Kier molecular flexibility index (Phi) is 5.42. The predicted octanol–water partition coefficient (Wildman–Crippen LogP) is 12.5. The van der Waals surface area contributed by atoms with E-state index in [1.807, 2.05) is 11.3 Å². The van der Waals surface area contributed by atoms with Crippen molar-refractivity contribution in [2.75, 3.05) is 0 Å². The van der Waals surface area contributed by atoms with Crippen LogP contribution in [0.5, 0.6) is 0 Å². The number of para-hydroxylation sites is 4. The maximum Gasteiger partial charge on any atom is 0.126 e. The molecule has 0 N–H and O–H groups in total. The van der Waals surface area contributed by atoms with Crippen LogP contribution in [0.25, 0.3) is 95.9 Å². The fourth-order valence-electron chi connectivity index (χ4n) is 7.73. The van der Waals surface area contributed by atoms with E-state index in [-0.39, 0.29) is 0 Å². The van der Waals surface area contributed by atoms with Gasteiger partial charge >= 0.3 is 0 Å². The van der Waals surface area contributed by atoms with Gasteiger partial charge in [0.25, 0.3) is 0 Å². The van der Waals surface area contributed by atoms with Gasteiger partial charge in [-0.1, -0.05) is 109 Å². The molecule has 0 saturated heterocycles. The van der Waals surface area contributed by atoms with Crippen LogP contribution in [0.1, 0.15) is 0 Å². The third-order valence-corrected chi connectivity index (χ3v) is 12.1. The molecule has 4 heterocycles. The zero-order valence-corrected chi connectivity index (χ0v) is 27.2. The first-order valence-corrected chi connectivity index (χ1v) is 17.8. The Labute approximate surface area is 283 Å². The summed E-state index contributed by atoms with van der Waals surface area (Å²) in [6, 6.07) is 54.9. The van der Waals surface area contributed by atoms with Gasteiger partial charge in [0.2, 0.25) is 0 Å². The summed E-state index contributed by atoms with van der Waals surface area (Å²) >= 11 is 3.66. The Morgan fingerprint density at radius 1 is 0.375 bits per heavy atom. The molecule has 0 bridgehead atoms. The zero-order valence-electron chi connectivity index (χ0n) is 25.6. The monoisotopic (exact) mass is 647 g/mol. The summed E-state index contributed by atoms with van der Waals surface area (Å²) in [5.41, 5.74) is 9.22. The van der Waals surface area contributed by atoms with Crippen LogP contribution < -0.4 is 0 Å². The van der Waals surface area contributed by atoms with Crippen molar-refractivity contribution in [1.29, 1.82) is 0 Å². The molecule has 0 aliphatic carbocycles. The van der Waals surface area contributed by atoms with Crippen LogP contribution in [0.3, 0.4) is 0 Å². The molecular formula is C43H25N3S2. The highest BCUT2D eigenvalue weighted by atomic mass is 32.1. The van der Waals surface area contributed by atoms with Crippen molar-refractivity contribution in [3.63, 3.8) is 0 Å². The number of thiazole rings is 1. The normalized spacial score (nSPS) is 12.2. The third kappa shape index (κ3) is 3.55. The van der Waals surface area contributed by atoms with Crippen LogP contribution in [0.2, 0.25) is 0 Å². The Bertz CT molecular complexity index is 2820. The molecule has 0 aliphatic heterocycles. The molecule has 0 atom stereocenters. The second kappa shape index (κ2) is 9.88. The second-order valence-corrected chi connectivity index (χ2v) is 14.4. The van der Waals surface area contributed by atoms with Crippen LogP contribution in [0.15, 0.2) is 152 Å². The quantitative estimate of drug-likeness (QED) is 0.187. The lowest BCUT2D eigenvalue weighted by Gasteiger charge is -2.13. The lowest BCUT2D eigenvalue weighted by Crippen LogP contribution is -1.99. The first kappa shape index (κ1) is 26.3. The summed E-state index contributed by atoms with van der Waals surface area (Å²) in [5.74, 6) is 0. The van der Waals surface area contributed by atoms with Gasteiger partial charge in [-0.05, 0) is 42.5 Å². The van der Waals surface area contributed by atoms with E-state index < -0.39 is 0 Å². The first-order chi connectivity index (χ1) is 23.8. The van der Waals surface area contributed by atoms with Crippen molar-refractivity contribution in [1.82, 2.24) is 14.1 Å². The second-order valence-electron chi connectivity index (χ2n) is 12.3. The number of hydrogen-bond acceptors (Lipinski definition) is 3. The van der Waals surface area contributed by atoms with Gasteiger partial charge in [0.1, 0.15) is 10.5 Å². The van der Waals surface area contributed by atoms with E-state index in [1.54, 1.807) is 11.3 Å². The van der Waals surface area contributed by atoms with Crippen LogP contribution in [0, 0.1) is 0 Å². The molecule has 4 aromatic heterocycles. The standard InChI is InChI=1S/C43H25N3S2/c1-6-19-33-26(12-1)27-13-2-7-20-34(27)45(33)37-24-25-38(46-35-21-8-3-14-28(35)29-15-4-9-22-36(29)46)42-40(37)44-43(48-42)32-18-11-17-31-30-16-5-10-23-39(30)47-41(31)32/h1-25H. The minimum Gasteiger partial charge on any atom is -0.308 e. The lowest BCUT2D eigenvalue weighted by molar-refractivity contribution is 1.16. The van der Waals surface area contributed by atoms with E-state index in [9.17, 15) is 0 Å². The van der Waals surface area contributed by atoms with Crippen molar-refractivity contribution in [3.8, 4) is 21.9 Å². The SMILES string of the molecule is c1ccc2c(c1)sc1c(-c3nc4c(-n5c6ccccc6c6ccccc65)ccc(-n5c6ccccc6c6ccccc65)c4s3)cccc12. The van der Waals surface area contributed by atoms with Gasteiger partial charge in [-0.25, -0.2) is 4.98 Å². The summed E-state index contributed by atoms with van der Waals surface area (Å²) in [6.07, 6.45) is 0. The van der Waals surface area contributed by atoms with Crippen molar-refractivity contribution < 1.29 is 0 Å². The van der Waals surface area contributed by atoms with Crippen LogP contribution in [-0.4, -0.2) is 14.1 Å². The highest BCUT2D eigenvalue weighted by Gasteiger charge is 2.22. The zero-order chi connectivity index (χ0) is 31.3. The van der Waals surface area contributed by atoms with Crippen molar-refractivity contribution in [3.05, 3.63) is 152 Å². The summed E-state index contributed by atoms with van der Waals surface area (Å²) < 4.78 is 8.61. The fraction of sp³-hybridized carbons (Fsp3) is 0. The molecule has 48 heavy (non-hydrogen) atoms. The number of rotatable bonds is 3. The highest BCUT2D eigenvalue weighted by Crippen LogP contribution is 2.46. The van der Waals surface area contributed by atoms with Gasteiger partial charge in [0.05, 0.1) is 38.1 Å². The number of thiophene rings is 1. The van der Waals surface area contributed by atoms with E-state index in [4.69, 9.17) is 4.98 Å². The van der Waals surface area contributed by atoms with E-state index in [1.165, 1.54) is 74.0 Å². The summed E-state index contributed by atoms with van der Waals surface area (Å²) in [6.45, 7) is 0. The molecule has 11 rings (SSSR count). The van der Waals surface area contributed by atoms with Gasteiger partial charge in [0, 0.05) is 47.3 Å². The third-order valence-electron chi connectivity index (χ3n) is 9.78. The lowest BCUT2D eigenvalue weighted by atomic mass is 10.1. The Hall–Kier alpha value is -5.75. The van der Waals surface area contributed by atoms with Crippen molar-refractivity contribution in [2.45, 2.75) is 0 Å². The van der Waals surface area contributed by atoms with Gasteiger partial charge in [-0.3, -0.25) is 0 Å². The summed E-state index contributed by atoms with van der Waals surface area (Å²) in [4.78, 5) is 5.59. The fourth-order valence-corrected chi connectivity index (χ4v) is 10.1. The Morgan fingerprint density at radius 2 is 0.854 bits per heavy atom. The number of hydrogen-bond donors (Lipinski definition) is 0. The molecule has 0 saturated carbocycles. The molecule has 7 aromatic carbocycles. The van der Waals surface area contributed by atoms with Crippen molar-refractivity contribution in [2.24, 2.45) is 0 Å². The number of aromatic nitrogens is 3. The molecule has 0 aliphatic rings.